The molecule has 0 heterocycles. The van der Waals surface area contributed by atoms with Crippen LogP contribution in [0.1, 0.15) is 19.3 Å². The van der Waals surface area contributed by atoms with Crippen molar-refractivity contribution in [3.8, 4) is 6.07 Å². The van der Waals surface area contributed by atoms with Crippen LogP contribution in [0.4, 0.5) is 0 Å². The second-order valence-corrected chi connectivity index (χ2v) is 7.19. The topological polar surface area (TPSA) is 61.2 Å². The molecule has 1 fully saturated rings. The van der Waals surface area contributed by atoms with Crippen molar-refractivity contribution in [2.75, 3.05) is 7.05 Å². The van der Waals surface area contributed by atoms with Crippen LogP contribution in [-0.2, 0) is 10.0 Å². The zero-order valence-electron chi connectivity index (χ0n) is 9.93. The maximum absolute atomic E-state index is 12.5. The molecule has 1 aliphatic rings. The number of halogens is 1. The normalized spacial score (nSPS) is 18.1. The average Bonchev–Trinajstić information content (AvgIpc) is 2.28. The molecule has 0 bridgehead atoms. The van der Waals surface area contributed by atoms with Crippen molar-refractivity contribution in [3.63, 3.8) is 0 Å². The Labute approximate surface area is 115 Å². The molecule has 1 aliphatic carbocycles. The lowest BCUT2D eigenvalue weighted by molar-refractivity contribution is 0.171. The number of hydrogen-bond donors (Lipinski definition) is 0. The Morgan fingerprint density at radius 1 is 1.39 bits per heavy atom. The number of rotatable bonds is 3. The van der Waals surface area contributed by atoms with E-state index in [4.69, 9.17) is 0 Å². The van der Waals surface area contributed by atoms with Gasteiger partial charge >= 0.3 is 0 Å². The second kappa shape index (κ2) is 4.65. The summed E-state index contributed by atoms with van der Waals surface area (Å²) in [5.74, 6) is 0. The average molecular weight is 329 g/mol. The molecule has 1 saturated carbocycles. The van der Waals surface area contributed by atoms with E-state index in [1.165, 1.54) is 11.4 Å². The van der Waals surface area contributed by atoms with E-state index < -0.39 is 15.6 Å². The quantitative estimate of drug-likeness (QED) is 0.856. The van der Waals surface area contributed by atoms with Crippen LogP contribution >= 0.6 is 15.9 Å². The van der Waals surface area contributed by atoms with E-state index in [0.717, 1.165) is 6.42 Å². The van der Waals surface area contributed by atoms with Crippen LogP contribution in [0.3, 0.4) is 0 Å². The summed E-state index contributed by atoms with van der Waals surface area (Å²) in [6, 6.07) is 8.79. The number of nitriles is 1. The lowest BCUT2D eigenvalue weighted by Crippen LogP contribution is -2.53. The van der Waals surface area contributed by atoms with Crippen LogP contribution in [0, 0.1) is 11.3 Å². The lowest BCUT2D eigenvalue weighted by atomic mass is 9.78. The van der Waals surface area contributed by atoms with E-state index in [1.807, 2.05) is 0 Å². The van der Waals surface area contributed by atoms with Gasteiger partial charge in [-0.1, -0.05) is 12.1 Å². The summed E-state index contributed by atoms with van der Waals surface area (Å²) >= 11 is 3.24. The number of sulfonamides is 1. The summed E-state index contributed by atoms with van der Waals surface area (Å²) in [6.45, 7) is 0. The summed E-state index contributed by atoms with van der Waals surface area (Å²) in [4.78, 5) is 0.203. The Hall–Kier alpha value is -0.900. The minimum absolute atomic E-state index is 0.203. The molecule has 6 heteroatoms. The predicted octanol–water partition coefficient (Wildman–Crippen LogP) is 2.52. The monoisotopic (exact) mass is 328 g/mol. The fourth-order valence-electron chi connectivity index (χ4n) is 2.04. The van der Waals surface area contributed by atoms with Crippen LogP contribution in [0.25, 0.3) is 0 Å². The van der Waals surface area contributed by atoms with Gasteiger partial charge in [0.25, 0.3) is 0 Å². The minimum atomic E-state index is -3.64. The van der Waals surface area contributed by atoms with E-state index in [-0.39, 0.29) is 4.90 Å². The fraction of sp³-hybridized carbons (Fsp3) is 0.417. The summed E-state index contributed by atoms with van der Waals surface area (Å²) in [6.07, 6.45) is 2.09. The molecule has 1 aromatic rings. The Bertz CT molecular complexity index is 603. The smallest absolute Gasteiger partial charge is 0.207 e. The first-order valence-electron chi connectivity index (χ1n) is 5.59. The molecule has 0 amide bonds. The van der Waals surface area contributed by atoms with E-state index >= 15 is 0 Å². The zero-order chi connectivity index (χ0) is 13.4. The molecule has 2 rings (SSSR count). The Kier molecular flexibility index (Phi) is 3.49. The van der Waals surface area contributed by atoms with Gasteiger partial charge in [0, 0.05) is 11.5 Å². The molecule has 0 radical (unpaired) electrons. The molecular formula is C12H13BrN2O2S. The first-order valence-corrected chi connectivity index (χ1v) is 7.82. The summed E-state index contributed by atoms with van der Waals surface area (Å²) in [7, 11) is -2.15. The minimum Gasteiger partial charge on any atom is -0.207 e. The van der Waals surface area contributed by atoms with Crippen molar-refractivity contribution in [1.82, 2.24) is 4.31 Å². The second-order valence-electron chi connectivity index (χ2n) is 4.40. The van der Waals surface area contributed by atoms with Gasteiger partial charge in [-0.3, -0.25) is 0 Å². The maximum atomic E-state index is 12.5. The third-order valence-corrected chi connectivity index (χ3v) is 6.40. The predicted molar refractivity (Wildman–Crippen MR) is 71.3 cm³/mol. The summed E-state index contributed by atoms with van der Waals surface area (Å²) in [5, 5.41) is 9.22. The van der Waals surface area contributed by atoms with Crippen LogP contribution in [0.15, 0.2) is 33.6 Å². The summed E-state index contributed by atoms with van der Waals surface area (Å²) < 4.78 is 26.7. The highest BCUT2D eigenvalue weighted by Gasteiger charge is 2.47. The highest BCUT2D eigenvalue weighted by Crippen LogP contribution is 2.40. The van der Waals surface area contributed by atoms with Crippen molar-refractivity contribution in [2.24, 2.45) is 0 Å². The standard InChI is InChI=1S/C12H13BrN2O2S/c1-15(12(9-14)7-4-8-12)18(16,17)11-6-3-2-5-10(11)13/h2-3,5-6H,4,7-8H2,1H3. The first kappa shape index (κ1) is 13.5. The molecule has 1 aromatic carbocycles. The van der Waals surface area contributed by atoms with E-state index in [0.29, 0.717) is 17.3 Å². The van der Waals surface area contributed by atoms with Crippen LogP contribution < -0.4 is 0 Å². The van der Waals surface area contributed by atoms with Crippen molar-refractivity contribution >= 4 is 26.0 Å². The van der Waals surface area contributed by atoms with Crippen LogP contribution in [-0.4, -0.2) is 25.3 Å². The van der Waals surface area contributed by atoms with Gasteiger partial charge in [-0.2, -0.15) is 9.57 Å². The van der Waals surface area contributed by atoms with Crippen molar-refractivity contribution in [2.45, 2.75) is 29.7 Å². The molecule has 0 N–H and O–H groups in total. The lowest BCUT2D eigenvalue weighted by Gasteiger charge is -2.41. The fourth-order valence-corrected chi connectivity index (χ4v) is 4.48. The Morgan fingerprint density at radius 3 is 2.44 bits per heavy atom. The van der Waals surface area contributed by atoms with Gasteiger partial charge in [0.1, 0.15) is 5.54 Å². The largest absolute Gasteiger partial charge is 0.245 e. The molecule has 0 saturated heterocycles. The zero-order valence-corrected chi connectivity index (χ0v) is 12.3. The van der Waals surface area contributed by atoms with E-state index in [9.17, 15) is 13.7 Å². The molecule has 4 nitrogen and oxygen atoms in total. The molecule has 0 atom stereocenters. The highest BCUT2D eigenvalue weighted by molar-refractivity contribution is 9.10. The third kappa shape index (κ3) is 1.96. The maximum Gasteiger partial charge on any atom is 0.245 e. The number of benzene rings is 1. The van der Waals surface area contributed by atoms with Crippen molar-refractivity contribution in [3.05, 3.63) is 28.7 Å². The van der Waals surface area contributed by atoms with Crippen LogP contribution in [0.2, 0.25) is 0 Å². The highest BCUT2D eigenvalue weighted by atomic mass is 79.9. The molecule has 0 unspecified atom stereocenters. The molecule has 18 heavy (non-hydrogen) atoms. The SMILES string of the molecule is CN(C1(C#N)CCC1)S(=O)(=O)c1ccccc1Br. The van der Waals surface area contributed by atoms with Gasteiger partial charge in [-0.05, 0) is 47.3 Å². The molecule has 0 aromatic heterocycles. The molecule has 96 valence electrons. The van der Waals surface area contributed by atoms with Gasteiger partial charge < -0.3 is 0 Å². The molecular weight excluding hydrogens is 316 g/mol. The van der Waals surface area contributed by atoms with Gasteiger partial charge in [0.2, 0.25) is 10.0 Å². The van der Waals surface area contributed by atoms with Crippen molar-refractivity contribution in [1.29, 1.82) is 5.26 Å². The number of nitrogens with zero attached hydrogens (tertiary/aromatic N) is 2. The van der Waals surface area contributed by atoms with Gasteiger partial charge in [0.15, 0.2) is 0 Å². The summed E-state index contributed by atoms with van der Waals surface area (Å²) in [5.41, 5.74) is -0.867. The number of hydrogen-bond acceptors (Lipinski definition) is 3. The third-order valence-electron chi connectivity index (χ3n) is 3.47. The Morgan fingerprint density at radius 2 is 2.00 bits per heavy atom. The van der Waals surface area contributed by atoms with E-state index in [2.05, 4.69) is 22.0 Å². The van der Waals surface area contributed by atoms with Gasteiger partial charge in [-0.15, -0.1) is 0 Å². The van der Waals surface area contributed by atoms with Crippen LogP contribution in [0.5, 0.6) is 0 Å². The Balaban J connectivity index is 2.45. The van der Waals surface area contributed by atoms with E-state index in [1.54, 1.807) is 24.3 Å². The first-order chi connectivity index (χ1) is 8.44. The molecule has 0 spiro atoms. The van der Waals surface area contributed by atoms with Gasteiger partial charge in [0.05, 0.1) is 11.0 Å². The van der Waals surface area contributed by atoms with Crippen molar-refractivity contribution < 1.29 is 8.42 Å². The van der Waals surface area contributed by atoms with Gasteiger partial charge in [-0.25, -0.2) is 8.42 Å². The molecule has 0 aliphatic heterocycles.